The molecule has 0 spiro atoms. The minimum absolute atomic E-state index is 0.169. The van der Waals surface area contributed by atoms with Crippen LogP contribution in [0.4, 0.5) is 10.2 Å². The largest absolute Gasteiger partial charge is 0.370 e. The van der Waals surface area contributed by atoms with Gasteiger partial charge in [-0.1, -0.05) is 13.0 Å². The van der Waals surface area contributed by atoms with Gasteiger partial charge in [0.1, 0.15) is 11.6 Å². The third kappa shape index (κ3) is 3.79. The lowest BCUT2D eigenvalue weighted by atomic mass is 9.94. The zero-order valence-electron chi connectivity index (χ0n) is 13.6. The Balaban J connectivity index is 1.56. The van der Waals surface area contributed by atoms with E-state index in [9.17, 15) is 4.39 Å². The Morgan fingerprint density at radius 2 is 2.21 bits per heavy atom. The number of hydrogen-bond acceptors (Lipinski definition) is 3. The maximum Gasteiger partial charge on any atom is 0.125 e. The smallest absolute Gasteiger partial charge is 0.125 e. The van der Waals surface area contributed by atoms with Gasteiger partial charge in [0, 0.05) is 42.0 Å². The number of nitrogens with one attached hydrogen (secondary N) is 3. The van der Waals surface area contributed by atoms with Crippen LogP contribution < -0.4 is 5.32 Å². The summed E-state index contributed by atoms with van der Waals surface area (Å²) in [6.07, 6.45) is 4.99. The fraction of sp³-hybridized carbons (Fsp3) is 0.263. The highest BCUT2D eigenvalue weighted by molar-refractivity contribution is 5.86. The van der Waals surface area contributed by atoms with E-state index >= 15 is 0 Å². The van der Waals surface area contributed by atoms with Crippen LogP contribution >= 0.6 is 0 Å². The molecule has 24 heavy (non-hydrogen) atoms. The van der Waals surface area contributed by atoms with Crippen LogP contribution in [0, 0.1) is 11.2 Å². The van der Waals surface area contributed by atoms with Gasteiger partial charge in [0.05, 0.1) is 0 Å². The number of rotatable bonds is 7. The number of pyridine rings is 1. The Labute approximate surface area is 140 Å². The second-order valence-electron chi connectivity index (χ2n) is 6.03. The second kappa shape index (κ2) is 7.25. The molecule has 0 radical (unpaired) electrons. The average molecular weight is 324 g/mol. The first-order valence-electron chi connectivity index (χ1n) is 8.11. The molecule has 4 nitrogen and oxygen atoms in total. The summed E-state index contributed by atoms with van der Waals surface area (Å²) < 4.78 is 13.5. The molecule has 0 aliphatic rings. The topological polar surface area (TPSA) is 64.6 Å². The number of hydrogen-bond donors (Lipinski definition) is 3. The third-order valence-corrected chi connectivity index (χ3v) is 4.16. The Bertz CT molecular complexity index is 826. The van der Waals surface area contributed by atoms with Crippen LogP contribution in [0.1, 0.15) is 31.2 Å². The maximum atomic E-state index is 13.5. The zero-order chi connectivity index (χ0) is 16.9. The first-order valence-corrected chi connectivity index (χ1v) is 8.11. The molecule has 1 aromatic carbocycles. The van der Waals surface area contributed by atoms with Crippen LogP contribution in [0.2, 0.25) is 0 Å². The van der Waals surface area contributed by atoms with Gasteiger partial charge in [0.15, 0.2) is 0 Å². The maximum absolute atomic E-state index is 13.5. The Hall–Kier alpha value is -2.69. The van der Waals surface area contributed by atoms with Gasteiger partial charge in [-0.25, -0.2) is 9.37 Å². The lowest BCUT2D eigenvalue weighted by Gasteiger charge is -2.12. The summed E-state index contributed by atoms with van der Waals surface area (Å²) in [7, 11) is 0. The van der Waals surface area contributed by atoms with Crippen LogP contribution in [0.5, 0.6) is 0 Å². The average Bonchev–Trinajstić information content (AvgIpc) is 2.99. The highest BCUT2D eigenvalue weighted by Crippen LogP contribution is 2.28. The van der Waals surface area contributed by atoms with Gasteiger partial charge in [-0.05, 0) is 48.2 Å². The lowest BCUT2D eigenvalue weighted by molar-refractivity contribution is 0.629. The first kappa shape index (κ1) is 16.2. The number of H-pyrrole nitrogens is 1. The van der Waals surface area contributed by atoms with Gasteiger partial charge >= 0.3 is 0 Å². The minimum Gasteiger partial charge on any atom is -0.370 e. The van der Waals surface area contributed by atoms with Crippen LogP contribution in [0.25, 0.3) is 10.9 Å². The molecule has 0 saturated carbocycles. The van der Waals surface area contributed by atoms with Crippen LogP contribution in [0.3, 0.4) is 0 Å². The summed E-state index contributed by atoms with van der Waals surface area (Å²) in [5, 5.41) is 12.3. The molecule has 2 aromatic heterocycles. The Morgan fingerprint density at radius 1 is 1.33 bits per heavy atom. The van der Waals surface area contributed by atoms with Crippen LogP contribution in [0.15, 0.2) is 48.8 Å². The van der Waals surface area contributed by atoms with E-state index in [1.807, 2.05) is 24.4 Å². The predicted octanol–water partition coefficient (Wildman–Crippen LogP) is 4.72. The van der Waals surface area contributed by atoms with Crippen molar-refractivity contribution in [2.45, 2.75) is 25.7 Å². The van der Waals surface area contributed by atoms with Crippen molar-refractivity contribution < 1.29 is 4.39 Å². The number of fused-ring (bicyclic) bond motifs is 1. The molecule has 3 rings (SSSR count). The summed E-state index contributed by atoms with van der Waals surface area (Å²) >= 11 is 0. The van der Waals surface area contributed by atoms with Gasteiger partial charge in [0.2, 0.25) is 0 Å². The van der Waals surface area contributed by atoms with Crippen molar-refractivity contribution in [2.24, 2.45) is 0 Å². The fourth-order valence-electron chi connectivity index (χ4n) is 2.91. The van der Waals surface area contributed by atoms with Crippen molar-refractivity contribution >= 4 is 22.4 Å². The van der Waals surface area contributed by atoms with E-state index < -0.39 is 0 Å². The molecule has 0 amide bonds. The number of benzene rings is 1. The van der Waals surface area contributed by atoms with Crippen molar-refractivity contribution in [1.29, 1.82) is 5.41 Å². The van der Waals surface area contributed by atoms with Crippen LogP contribution in [-0.4, -0.2) is 22.2 Å². The lowest BCUT2D eigenvalue weighted by Crippen LogP contribution is -2.10. The zero-order valence-corrected chi connectivity index (χ0v) is 13.6. The van der Waals surface area contributed by atoms with Gasteiger partial charge in [-0.15, -0.1) is 0 Å². The second-order valence-corrected chi connectivity index (χ2v) is 6.03. The van der Waals surface area contributed by atoms with Crippen molar-refractivity contribution in [1.82, 2.24) is 9.97 Å². The molecule has 3 N–H and O–H groups in total. The molecule has 2 heterocycles. The number of anilines is 1. The van der Waals surface area contributed by atoms with E-state index in [4.69, 9.17) is 5.41 Å². The minimum atomic E-state index is -0.231. The summed E-state index contributed by atoms with van der Waals surface area (Å²) in [4.78, 5) is 7.37. The molecule has 0 aliphatic carbocycles. The van der Waals surface area contributed by atoms with Crippen molar-refractivity contribution in [3.05, 3.63) is 60.2 Å². The molecule has 0 fully saturated rings. The Morgan fingerprint density at radius 3 is 3.00 bits per heavy atom. The Kier molecular flexibility index (Phi) is 4.89. The normalized spacial score (nSPS) is 12.2. The van der Waals surface area contributed by atoms with E-state index in [-0.39, 0.29) is 11.7 Å². The number of aromatic nitrogens is 2. The standard InChI is InChI=1S/C19H21FN4/c1-13(17-12-24-18-6-5-14(20)11-16(17)18)10-15(21)7-9-23-19-4-2-3-8-22-19/h2-6,8,11-13,21,24H,7,9-10H2,1H3,(H,22,23). The molecule has 1 atom stereocenters. The summed E-state index contributed by atoms with van der Waals surface area (Å²) in [6.45, 7) is 2.76. The van der Waals surface area contributed by atoms with Gasteiger partial charge in [-0.3, -0.25) is 0 Å². The summed E-state index contributed by atoms with van der Waals surface area (Å²) in [5.74, 6) is 0.763. The number of aromatic amines is 1. The molecule has 0 aliphatic heterocycles. The molecule has 5 heteroatoms. The molecule has 124 valence electrons. The molecule has 1 unspecified atom stereocenters. The quantitative estimate of drug-likeness (QED) is 0.551. The van der Waals surface area contributed by atoms with E-state index in [1.165, 1.54) is 6.07 Å². The van der Waals surface area contributed by atoms with Crippen molar-refractivity contribution in [2.75, 3.05) is 11.9 Å². The number of halogens is 1. The van der Waals surface area contributed by atoms with Gasteiger partial charge in [0.25, 0.3) is 0 Å². The molecule has 0 saturated heterocycles. The third-order valence-electron chi connectivity index (χ3n) is 4.16. The van der Waals surface area contributed by atoms with Crippen molar-refractivity contribution in [3.8, 4) is 0 Å². The van der Waals surface area contributed by atoms with E-state index in [0.717, 1.165) is 22.3 Å². The first-order chi connectivity index (χ1) is 11.6. The van der Waals surface area contributed by atoms with Gasteiger partial charge < -0.3 is 15.7 Å². The fourth-order valence-corrected chi connectivity index (χ4v) is 2.91. The van der Waals surface area contributed by atoms with E-state index in [1.54, 1.807) is 18.3 Å². The monoisotopic (exact) mass is 324 g/mol. The number of nitrogens with zero attached hydrogens (tertiary/aromatic N) is 1. The molecular weight excluding hydrogens is 303 g/mol. The molecule has 0 bridgehead atoms. The SMILES string of the molecule is CC(CC(=N)CCNc1ccccn1)c1c[nH]c2ccc(F)cc12. The molecular formula is C19H21FN4. The molecule has 3 aromatic rings. The van der Waals surface area contributed by atoms with Gasteiger partial charge in [-0.2, -0.15) is 0 Å². The van der Waals surface area contributed by atoms with Crippen molar-refractivity contribution in [3.63, 3.8) is 0 Å². The predicted molar refractivity (Wildman–Crippen MR) is 96.4 cm³/mol. The highest BCUT2D eigenvalue weighted by atomic mass is 19.1. The highest BCUT2D eigenvalue weighted by Gasteiger charge is 2.14. The van der Waals surface area contributed by atoms with E-state index in [2.05, 4.69) is 22.2 Å². The van der Waals surface area contributed by atoms with Crippen LogP contribution in [-0.2, 0) is 0 Å². The van der Waals surface area contributed by atoms with E-state index in [0.29, 0.717) is 25.1 Å². The summed E-state index contributed by atoms with van der Waals surface area (Å²) in [5.41, 5.74) is 2.67. The summed E-state index contributed by atoms with van der Waals surface area (Å²) in [6, 6.07) is 10.5.